The average molecular weight is 213 g/mol. The van der Waals surface area contributed by atoms with Crippen molar-refractivity contribution in [3.8, 4) is 11.5 Å². The Labute approximate surface area is 92.2 Å². The molecule has 0 aliphatic rings. The van der Waals surface area contributed by atoms with Gasteiger partial charge in [0.1, 0.15) is 5.69 Å². The zero-order chi connectivity index (χ0) is 11.1. The molecule has 3 heterocycles. The van der Waals surface area contributed by atoms with Crippen molar-refractivity contribution in [2.45, 2.75) is 6.92 Å². The minimum Gasteiger partial charge on any atom is -0.335 e. The number of pyridine rings is 1. The highest BCUT2D eigenvalue weighted by Crippen LogP contribution is 2.19. The van der Waals surface area contributed by atoms with Crippen LogP contribution in [-0.2, 0) is 7.05 Å². The molecule has 3 aromatic heterocycles. The maximum atomic E-state index is 4.45. The van der Waals surface area contributed by atoms with Crippen LogP contribution < -0.4 is 0 Å². The minimum atomic E-state index is 0.746. The number of aromatic amines is 1. The third-order valence-electron chi connectivity index (χ3n) is 2.66. The third kappa shape index (κ3) is 1.21. The van der Waals surface area contributed by atoms with Gasteiger partial charge in [-0.15, -0.1) is 0 Å². The average Bonchev–Trinajstić information content (AvgIpc) is 2.84. The molecule has 5 heteroatoms. The zero-order valence-corrected chi connectivity index (χ0v) is 9.10. The fourth-order valence-corrected chi connectivity index (χ4v) is 1.74. The summed E-state index contributed by atoms with van der Waals surface area (Å²) in [5.41, 5.74) is 3.83. The molecule has 80 valence electrons. The Morgan fingerprint density at radius 2 is 2.25 bits per heavy atom. The molecule has 5 nitrogen and oxygen atoms in total. The van der Waals surface area contributed by atoms with E-state index in [1.165, 1.54) is 0 Å². The molecule has 0 unspecified atom stereocenters. The Morgan fingerprint density at radius 3 is 2.94 bits per heavy atom. The maximum absolute atomic E-state index is 4.45. The van der Waals surface area contributed by atoms with Crippen molar-refractivity contribution >= 4 is 11.2 Å². The normalized spacial score (nSPS) is 11.1. The first-order chi connectivity index (χ1) is 7.75. The molecule has 0 aromatic carbocycles. The van der Waals surface area contributed by atoms with Crippen LogP contribution in [0.5, 0.6) is 0 Å². The number of aryl methyl sites for hydroxylation is 2. The maximum Gasteiger partial charge on any atom is 0.178 e. The molecule has 0 bridgehead atoms. The molecule has 16 heavy (non-hydrogen) atoms. The minimum absolute atomic E-state index is 0.746. The van der Waals surface area contributed by atoms with E-state index in [0.29, 0.717) is 0 Å². The van der Waals surface area contributed by atoms with E-state index in [4.69, 9.17) is 0 Å². The Morgan fingerprint density at radius 1 is 1.38 bits per heavy atom. The topological polar surface area (TPSA) is 59.4 Å². The van der Waals surface area contributed by atoms with Crippen LogP contribution in [0.1, 0.15) is 5.56 Å². The number of nitrogens with zero attached hydrogens (tertiary/aromatic N) is 4. The predicted octanol–water partition coefficient (Wildman–Crippen LogP) is 1.67. The van der Waals surface area contributed by atoms with Crippen molar-refractivity contribution in [3.05, 3.63) is 30.4 Å². The van der Waals surface area contributed by atoms with Crippen LogP contribution in [0.3, 0.4) is 0 Å². The van der Waals surface area contributed by atoms with Crippen molar-refractivity contribution in [1.82, 2.24) is 24.5 Å². The number of imidazole rings is 2. The third-order valence-corrected chi connectivity index (χ3v) is 2.66. The SMILES string of the molecule is Cc1ccnc2nc(-c3cncn3C)[nH]c12. The van der Waals surface area contributed by atoms with Crippen LogP contribution in [-0.4, -0.2) is 24.5 Å². The lowest BCUT2D eigenvalue weighted by Crippen LogP contribution is -1.90. The van der Waals surface area contributed by atoms with E-state index in [0.717, 1.165) is 28.2 Å². The smallest absolute Gasteiger partial charge is 0.178 e. The second-order valence-corrected chi connectivity index (χ2v) is 3.80. The van der Waals surface area contributed by atoms with Crippen LogP contribution in [0.2, 0.25) is 0 Å². The van der Waals surface area contributed by atoms with Gasteiger partial charge in [0.15, 0.2) is 11.5 Å². The fraction of sp³-hybridized carbons (Fsp3) is 0.182. The molecule has 0 radical (unpaired) electrons. The lowest BCUT2D eigenvalue weighted by molar-refractivity contribution is 0.913. The standard InChI is InChI=1S/C11H11N5/c1-7-3-4-13-11-9(7)14-10(15-11)8-5-12-6-16(8)2/h3-6H,1-2H3,(H,13,14,15). The first kappa shape index (κ1) is 9.08. The van der Waals surface area contributed by atoms with E-state index in [2.05, 4.69) is 19.9 Å². The molecule has 1 N–H and O–H groups in total. The molecular weight excluding hydrogens is 202 g/mol. The highest BCUT2D eigenvalue weighted by molar-refractivity contribution is 5.77. The Balaban J connectivity index is 2.27. The van der Waals surface area contributed by atoms with E-state index in [-0.39, 0.29) is 0 Å². The molecule has 3 rings (SSSR count). The molecule has 0 saturated heterocycles. The Kier molecular flexibility index (Phi) is 1.80. The van der Waals surface area contributed by atoms with Gasteiger partial charge in [0.25, 0.3) is 0 Å². The van der Waals surface area contributed by atoms with Crippen molar-refractivity contribution in [2.24, 2.45) is 7.05 Å². The quantitative estimate of drug-likeness (QED) is 0.668. The molecule has 0 aliphatic carbocycles. The van der Waals surface area contributed by atoms with Gasteiger partial charge >= 0.3 is 0 Å². The van der Waals surface area contributed by atoms with Gasteiger partial charge in [-0.3, -0.25) is 0 Å². The molecule has 0 aliphatic heterocycles. The molecular formula is C11H11N5. The summed E-state index contributed by atoms with van der Waals surface area (Å²) in [5.74, 6) is 0.803. The van der Waals surface area contributed by atoms with Gasteiger partial charge in [-0.2, -0.15) is 0 Å². The van der Waals surface area contributed by atoms with Gasteiger partial charge in [0.05, 0.1) is 18.0 Å². The van der Waals surface area contributed by atoms with E-state index in [1.54, 1.807) is 18.7 Å². The van der Waals surface area contributed by atoms with Crippen molar-refractivity contribution < 1.29 is 0 Å². The van der Waals surface area contributed by atoms with Crippen LogP contribution in [0.15, 0.2) is 24.8 Å². The highest BCUT2D eigenvalue weighted by Gasteiger charge is 2.09. The number of hydrogen-bond acceptors (Lipinski definition) is 3. The van der Waals surface area contributed by atoms with Crippen molar-refractivity contribution in [2.75, 3.05) is 0 Å². The monoisotopic (exact) mass is 213 g/mol. The zero-order valence-electron chi connectivity index (χ0n) is 9.10. The predicted molar refractivity (Wildman–Crippen MR) is 60.8 cm³/mol. The second kappa shape index (κ2) is 3.16. The summed E-state index contributed by atoms with van der Waals surface area (Å²) in [6.07, 6.45) is 5.31. The van der Waals surface area contributed by atoms with E-state index in [1.807, 2.05) is 24.6 Å². The summed E-state index contributed by atoms with van der Waals surface area (Å²) in [7, 11) is 1.94. The molecule has 3 aromatic rings. The molecule has 0 fully saturated rings. The lowest BCUT2D eigenvalue weighted by Gasteiger charge is -1.95. The number of nitrogens with one attached hydrogen (secondary N) is 1. The highest BCUT2D eigenvalue weighted by atomic mass is 15.1. The summed E-state index contributed by atoms with van der Waals surface area (Å²) in [6.45, 7) is 2.04. The van der Waals surface area contributed by atoms with Gasteiger partial charge < -0.3 is 9.55 Å². The molecule has 0 spiro atoms. The van der Waals surface area contributed by atoms with Gasteiger partial charge in [-0.25, -0.2) is 15.0 Å². The lowest BCUT2D eigenvalue weighted by atomic mass is 10.3. The molecule has 0 saturated carbocycles. The first-order valence-corrected chi connectivity index (χ1v) is 5.04. The van der Waals surface area contributed by atoms with Crippen LogP contribution >= 0.6 is 0 Å². The van der Waals surface area contributed by atoms with E-state index < -0.39 is 0 Å². The second-order valence-electron chi connectivity index (χ2n) is 3.80. The van der Waals surface area contributed by atoms with E-state index >= 15 is 0 Å². The number of aromatic nitrogens is 5. The van der Waals surface area contributed by atoms with Gasteiger partial charge in [-0.1, -0.05) is 0 Å². The van der Waals surface area contributed by atoms with Gasteiger partial charge in [0, 0.05) is 13.2 Å². The molecule has 0 amide bonds. The van der Waals surface area contributed by atoms with Crippen LogP contribution in [0.25, 0.3) is 22.7 Å². The van der Waals surface area contributed by atoms with Crippen LogP contribution in [0, 0.1) is 6.92 Å². The van der Waals surface area contributed by atoms with E-state index in [9.17, 15) is 0 Å². The van der Waals surface area contributed by atoms with Crippen molar-refractivity contribution in [1.29, 1.82) is 0 Å². The van der Waals surface area contributed by atoms with Gasteiger partial charge in [0.2, 0.25) is 0 Å². The fourth-order valence-electron chi connectivity index (χ4n) is 1.74. The first-order valence-electron chi connectivity index (χ1n) is 5.04. The Bertz CT molecular complexity index is 649. The number of rotatable bonds is 1. The summed E-state index contributed by atoms with van der Waals surface area (Å²) in [4.78, 5) is 16.0. The Hall–Kier alpha value is -2.17. The summed E-state index contributed by atoms with van der Waals surface area (Å²) in [5, 5.41) is 0. The number of H-pyrrole nitrogens is 1. The molecule has 0 atom stereocenters. The van der Waals surface area contributed by atoms with Crippen molar-refractivity contribution in [3.63, 3.8) is 0 Å². The number of hydrogen-bond donors (Lipinski definition) is 1. The summed E-state index contributed by atoms with van der Waals surface area (Å²) < 4.78 is 1.92. The number of fused-ring (bicyclic) bond motifs is 1. The van der Waals surface area contributed by atoms with Crippen LogP contribution in [0.4, 0.5) is 0 Å². The largest absolute Gasteiger partial charge is 0.335 e. The summed E-state index contributed by atoms with van der Waals surface area (Å²) in [6, 6.07) is 1.97. The summed E-state index contributed by atoms with van der Waals surface area (Å²) >= 11 is 0. The van der Waals surface area contributed by atoms with Gasteiger partial charge in [-0.05, 0) is 18.6 Å².